The fourth-order valence-electron chi connectivity index (χ4n) is 4.20. The number of aliphatic hydroxyl groups excluding tert-OH is 1. The molecule has 1 aliphatic rings. The molecule has 2 heterocycles. The molecule has 3 aromatic rings. The summed E-state index contributed by atoms with van der Waals surface area (Å²) < 4.78 is 10.9. The summed E-state index contributed by atoms with van der Waals surface area (Å²) in [5.41, 5.74) is 1.93. The molecule has 1 atom stereocenters. The van der Waals surface area contributed by atoms with Crippen molar-refractivity contribution in [3.63, 3.8) is 0 Å². The van der Waals surface area contributed by atoms with Crippen LogP contribution in [0.4, 0.5) is 5.13 Å². The van der Waals surface area contributed by atoms with Crippen LogP contribution in [-0.4, -0.2) is 40.5 Å². The molecule has 1 amide bonds. The highest BCUT2D eigenvalue weighted by Crippen LogP contribution is 2.44. The maximum Gasteiger partial charge on any atom is 0.350 e. The monoisotopic (exact) mass is 554 g/mol. The second-order valence-corrected chi connectivity index (χ2v) is 10.4. The molecule has 198 valence electrons. The minimum atomic E-state index is -1.00. The average Bonchev–Trinajstić information content (AvgIpc) is 3.37. The molecule has 0 spiro atoms. The third-order valence-corrected chi connectivity index (χ3v) is 7.28. The van der Waals surface area contributed by atoms with Crippen molar-refractivity contribution in [1.82, 2.24) is 4.98 Å². The van der Waals surface area contributed by atoms with Crippen LogP contribution in [0.1, 0.15) is 58.9 Å². The second kappa shape index (κ2) is 11.0. The van der Waals surface area contributed by atoms with Crippen LogP contribution in [0.5, 0.6) is 5.75 Å². The third kappa shape index (κ3) is 5.16. The predicted octanol–water partition coefficient (Wildman–Crippen LogP) is 6.00. The van der Waals surface area contributed by atoms with Crippen molar-refractivity contribution in [3.8, 4) is 5.75 Å². The van der Waals surface area contributed by atoms with E-state index in [-0.39, 0.29) is 34.1 Å². The van der Waals surface area contributed by atoms with Gasteiger partial charge in [0.15, 0.2) is 5.13 Å². The zero-order valence-electron chi connectivity index (χ0n) is 21.6. The molecule has 2 aromatic carbocycles. The number of Topliss-reactive ketones (excluding diaryl/α,β-unsaturated/α-hetero) is 1. The molecule has 0 saturated carbocycles. The van der Waals surface area contributed by atoms with E-state index in [1.807, 2.05) is 20.8 Å². The van der Waals surface area contributed by atoms with Gasteiger partial charge in [-0.2, -0.15) is 0 Å². The van der Waals surface area contributed by atoms with E-state index in [0.29, 0.717) is 27.6 Å². The highest BCUT2D eigenvalue weighted by Gasteiger charge is 2.48. The van der Waals surface area contributed by atoms with Crippen molar-refractivity contribution in [2.75, 3.05) is 11.5 Å². The van der Waals surface area contributed by atoms with Gasteiger partial charge < -0.3 is 14.6 Å². The molecule has 1 aromatic heterocycles. The van der Waals surface area contributed by atoms with Gasteiger partial charge in [-0.25, -0.2) is 9.78 Å². The van der Waals surface area contributed by atoms with Crippen molar-refractivity contribution in [3.05, 3.63) is 80.3 Å². The van der Waals surface area contributed by atoms with Crippen LogP contribution in [0, 0.1) is 13.8 Å². The number of benzene rings is 2. The molecular weight excluding hydrogens is 528 g/mol. The zero-order chi connectivity index (χ0) is 27.7. The van der Waals surface area contributed by atoms with Crippen molar-refractivity contribution in [2.24, 2.45) is 0 Å². The molecule has 0 bridgehead atoms. The molecule has 1 N–H and O–H groups in total. The van der Waals surface area contributed by atoms with Gasteiger partial charge in [0.2, 0.25) is 0 Å². The Kier molecular flexibility index (Phi) is 7.89. The first-order chi connectivity index (χ1) is 18.0. The number of thiazole rings is 1. The van der Waals surface area contributed by atoms with Crippen LogP contribution in [-0.2, 0) is 14.3 Å². The van der Waals surface area contributed by atoms with Gasteiger partial charge in [-0.3, -0.25) is 14.5 Å². The van der Waals surface area contributed by atoms with Crippen LogP contribution in [0.3, 0.4) is 0 Å². The lowest BCUT2D eigenvalue weighted by Gasteiger charge is -2.23. The van der Waals surface area contributed by atoms with E-state index < -0.39 is 23.7 Å². The molecule has 8 nitrogen and oxygen atoms in total. The van der Waals surface area contributed by atoms with E-state index >= 15 is 0 Å². The maximum atomic E-state index is 13.4. The average molecular weight is 555 g/mol. The molecule has 0 radical (unpaired) electrons. The van der Waals surface area contributed by atoms with E-state index in [0.717, 1.165) is 16.9 Å². The number of rotatable bonds is 7. The number of halogens is 1. The van der Waals surface area contributed by atoms with Gasteiger partial charge in [0.1, 0.15) is 16.4 Å². The lowest BCUT2D eigenvalue weighted by atomic mass is 9.95. The number of hydrogen-bond acceptors (Lipinski definition) is 8. The van der Waals surface area contributed by atoms with Crippen molar-refractivity contribution >= 4 is 51.5 Å². The van der Waals surface area contributed by atoms with Crippen LogP contribution in [0.25, 0.3) is 5.76 Å². The Balaban J connectivity index is 1.88. The molecule has 1 unspecified atom stereocenters. The minimum Gasteiger partial charge on any atom is -0.507 e. The maximum absolute atomic E-state index is 13.4. The van der Waals surface area contributed by atoms with Gasteiger partial charge in [-0.05, 0) is 76.1 Å². The smallest absolute Gasteiger partial charge is 0.350 e. The van der Waals surface area contributed by atoms with Gasteiger partial charge in [0, 0.05) is 10.6 Å². The highest BCUT2D eigenvalue weighted by molar-refractivity contribution is 7.17. The van der Waals surface area contributed by atoms with E-state index in [4.69, 9.17) is 21.1 Å². The summed E-state index contributed by atoms with van der Waals surface area (Å²) in [7, 11) is 0. The summed E-state index contributed by atoms with van der Waals surface area (Å²) in [5, 5.41) is 12.0. The van der Waals surface area contributed by atoms with Gasteiger partial charge >= 0.3 is 11.9 Å². The molecule has 1 fully saturated rings. The number of ether oxygens (including phenoxy) is 2. The van der Waals surface area contributed by atoms with E-state index in [1.165, 1.54) is 4.90 Å². The molecule has 38 heavy (non-hydrogen) atoms. The standard InChI is InChI=1S/C28H27ClN2O6S/c1-6-36-27(35)25-16(5)30-28(38-25)31-22(17-7-10-19(29)11-8-17)21(24(33)26(31)34)23(32)18-9-12-20(15(4)13-18)37-14(2)3/h7-14,22,32H,6H2,1-5H3/b23-21+. The zero-order valence-corrected chi connectivity index (χ0v) is 23.1. The molecule has 1 saturated heterocycles. The topological polar surface area (TPSA) is 106 Å². The van der Waals surface area contributed by atoms with Crippen LogP contribution >= 0.6 is 22.9 Å². The lowest BCUT2D eigenvalue weighted by molar-refractivity contribution is -0.132. The molecule has 4 rings (SSSR count). The van der Waals surface area contributed by atoms with E-state index in [1.54, 1.807) is 56.3 Å². The number of nitrogens with zero attached hydrogens (tertiary/aromatic N) is 2. The molecule has 1 aliphatic heterocycles. The van der Waals surface area contributed by atoms with Crippen LogP contribution in [0.2, 0.25) is 5.02 Å². The Bertz CT molecular complexity index is 1440. The Morgan fingerprint density at radius 3 is 2.45 bits per heavy atom. The van der Waals surface area contributed by atoms with Crippen LogP contribution in [0.15, 0.2) is 48.0 Å². The fourth-order valence-corrected chi connectivity index (χ4v) is 5.31. The Hall–Kier alpha value is -3.69. The van der Waals surface area contributed by atoms with Gasteiger partial charge in [-0.1, -0.05) is 35.1 Å². The van der Waals surface area contributed by atoms with E-state index in [2.05, 4.69) is 4.98 Å². The summed E-state index contributed by atoms with van der Waals surface area (Å²) in [6, 6.07) is 10.7. The van der Waals surface area contributed by atoms with Crippen LogP contribution < -0.4 is 9.64 Å². The number of aromatic nitrogens is 1. The van der Waals surface area contributed by atoms with Gasteiger partial charge in [0.25, 0.3) is 5.78 Å². The third-order valence-electron chi connectivity index (χ3n) is 5.89. The number of aryl methyl sites for hydroxylation is 2. The SMILES string of the molecule is CCOC(=O)c1sc(N2C(=O)C(=O)/C(=C(/O)c3ccc(OC(C)C)c(C)c3)C2c2ccc(Cl)cc2)nc1C. The number of carbonyl (C=O) groups is 3. The number of carbonyl (C=O) groups excluding carboxylic acids is 3. The largest absolute Gasteiger partial charge is 0.507 e. The molecular formula is C28H27ClN2O6S. The molecule has 10 heteroatoms. The van der Waals surface area contributed by atoms with Crippen molar-refractivity contribution in [2.45, 2.75) is 46.8 Å². The first kappa shape index (κ1) is 27.3. The number of esters is 1. The Morgan fingerprint density at radius 1 is 1.16 bits per heavy atom. The highest BCUT2D eigenvalue weighted by atomic mass is 35.5. The summed E-state index contributed by atoms with van der Waals surface area (Å²) in [6.07, 6.45) is -0.0374. The summed E-state index contributed by atoms with van der Waals surface area (Å²) in [4.78, 5) is 45.1. The number of ketones is 1. The number of hydrogen-bond donors (Lipinski definition) is 1. The van der Waals surface area contributed by atoms with Gasteiger partial charge in [-0.15, -0.1) is 0 Å². The predicted molar refractivity (Wildman–Crippen MR) is 146 cm³/mol. The number of anilines is 1. The first-order valence-corrected chi connectivity index (χ1v) is 13.2. The van der Waals surface area contributed by atoms with E-state index in [9.17, 15) is 19.5 Å². The molecule has 0 aliphatic carbocycles. The van der Waals surface area contributed by atoms with Crippen molar-refractivity contribution < 1.29 is 29.0 Å². The summed E-state index contributed by atoms with van der Waals surface area (Å²) in [6.45, 7) is 9.16. The lowest BCUT2D eigenvalue weighted by Crippen LogP contribution is -2.29. The second-order valence-electron chi connectivity index (χ2n) is 9.00. The van der Waals surface area contributed by atoms with Gasteiger partial charge in [0.05, 0.1) is 30.0 Å². The Labute approximate surface area is 229 Å². The first-order valence-electron chi connectivity index (χ1n) is 12.0. The normalized spacial score (nSPS) is 16.8. The quantitative estimate of drug-likeness (QED) is 0.165. The number of amides is 1. The summed E-state index contributed by atoms with van der Waals surface area (Å²) in [5.74, 6) is -1.98. The minimum absolute atomic E-state index is 0.0374. The Morgan fingerprint density at radius 2 is 1.84 bits per heavy atom. The summed E-state index contributed by atoms with van der Waals surface area (Å²) >= 11 is 7.05. The van der Waals surface area contributed by atoms with Crippen molar-refractivity contribution in [1.29, 1.82) is 0 Å². The number of aliphatic hydroxyl groups is 1. The fraction of sp³-hybridized carbons (Fsp3) is 0.286.